The second-order valence-electron chi connectivity index (χ2n) is 3.98. The lowest BCUT2D eigenvalue weighted by Gasteiger charge is -2.24. The van der Waals surface area contributed by atoms with E-state index in [1.54, 1.807) is 0 Å². The zero-order valence-corrected chi connectivity index (χ0v) is 8.52. The summed E-state index contributed by atoms with van der Waals surface area (Å²) in [5.41, 5.74) is 1.58. The van der Waals surface area contributed by atoms with Crippen molar-refractivity contribution in [3.8, 4) is 0 Å². The molecule has 1 nitrogen and oxygen atoms in total. The fourth-order valence-electron chi connectivity index (χ4n) is 2.06. The van der Waals surface area contributed by atoms with Crippen molar-refractivity contribution in [3.05, 3.63) is 35.1 Å². The summed E-state index contributed by atoms with van der Waals surface area (Å²) in [7, 11) is 0. The van der Waals surface area contributed by atoms with Crippen molar-refractivity contribution >= 4 is 0 Å². The van der Waals surface area contributed by atoms with E-state index in [0.29, 0.717) is 0 Å². The van der Waals surface area contributed by atoms with Crippen LogP contribution in [0.2, 0.25) is 0 Å². The van der Waals surface area contributed by atoms with Crippen LogP contribution in [0.4, 0.5) is 4.39 Å². The minimum absolute atomic E-state index is 0.0353. The molecule has 1 fully saturated rings. The predicted octanol–water partition coefficient (Wildman–Crippen LogP) is 2.95. The lowest BCUT2D eigenvalue weighted by atomic mass is 9.96. The molecule has 1 aromatic carbocycles. The number of hydrogen-bond donors (Lipinski definition) is 1. The molecule has 1 saturated heterocycles. The van der Waals surface area contributed by atoms with Crippen LogP contribution in [0.1, 0.15) is 36.4 Å². The molecule has 1 atom stereocenters. The van der Waals surface area contributed by atoms with Gasteiger partial charge in [0.15, 0.2) is 0 Å². The van der Waals surface area contributed by atoms with Crippen molar-refractivity contribution in [1.29, 1.82) is 0 Å². The Morgan fingerprint density at radius 1 is 1.36 bits per heavy atom. The lowest BCUT2D eigenvalue weighted by molar-refractivity contribution is 0.399. The van der Waals surface area contributed by atoms with Crippen LogP contribution in [-0.2, 0) is 0 Å². The van der Waals surface area contributed by atoms with Gasteiger partial charge in [0.05, 0.1) is 0 Å². The van der Waals surface area contributed by atoms with Crippen LogP contribution in [0, 0.1) is 12.7 Å². The Balaban J connectivity index is 2.26. The molecule has 1 N–H and O–H groups in total. The largest absolute Gasteiger partial charge is 0.310 e. The van der Waals surface area contributed by atoms with Gasteiger partial charge in [-0.1, -0.05) is 24.6 Å². The molecule has 0 unspecified atom stereocenters. The average molecular weight is 193 g/mol. The van der Waals surface area contributed by atoms with Crippen LogP contribution in [0.3, 0.4) is 0 Å². The van der Waals surface area contributed by atoms with Crippen molar-refractivity contribution in [2.75, 3.05) is 6.54 Å². The van der Waals surface area contributed by atoms with Crippen molar-refractivity contribution in [3.63, 3.8) is 0 Å². The van der Waals surface area contributed by atoms with E-state index in [-0.39, 0.29) is 11.9 Å². The fraction of sp³-hybridized carbons (Fsp3) is 0.500. The molecule has 1 aliphatic rings. The Morgan fingerprint density at radius 2 is 2.21 bits per heavy atom. The molecule has 76 valence electrons. The normalized spacial score (nSPS) is 22.3. The van der Waals surface area contributed by atoms with Gasteiger partial charge in [-0.2, -0.15) is 0 Å². The van der Waals surface area contributed by atoms with Gasteiger partial charge in [0.25, 0.3) is 0 Å². The predicted molar refractivity (Wildman–Crippen MR) is 55.7 cm³/mol. The summed E-state index contributed by atoms with van der Waals surface area (Å²) in [4.78, 5) is 0. The van der Waals surface area contributed by atoms with Crippen LogP contribution in [0.15, 0.2) is 18.2 Å². The molecular weight excluding hydrogens is 177 g/mol. The molecule has 0 aromatic heterocycles. The molecule has 2 heteroatoms. The fourth-order valence-corrected chi connectivity index (χ4v) is 2.06. The summed E-state index contributed by atoms with van der Waals surface area (Å²) in [6.07, 6.45) is 3.47. The highest BCUT2D eigenvalue weighted by atomic mass is 19.1. The van der Waals surface area contributed by atoms with E-state index in [1.165, 1.54) is 12.8 Å². The van der Waals surface area contributed by atoms with Gasteiger partial charge in [-0.05, 0) is 31.9 Å². The third-order valence-corrected chi connectivity index (χ3v) is 2.91. The first kappa shape index (κ1) is 9.66. The molecule has 14 heavy (non-hydrogen) atoms. The monoisotopic (exact) mass is 193 g/mol. The molecule has 0 aliphatic carbocycles. The van der Waals surface area contributed by atoms with Crippen molar-refractivity contribution < 1.29 is 4.39 Å². The summed E-state index contributed by atoms with van der Waals surface area (Å²) in [6, 6.07) is 5.88. The van der Waals surface area contributed by atoms with E-state index >= 15 is 0 Å². The summed E-state index contributed by atoms with van der Waals surface area (Å²) < 4.78 is 13.7. The molecular formula is C12H16FN. The highest BCUT2D eigenvalue weighted by Crippen LogP contribution is 2.26. The number of halogens is 1. The number of benzene rings is 1. The molecule has 1 aliphatic heterocycles. The molecule has 2 rings (SSSR count). The van der Waals surface area contributed by atoms with E-state index in [9.17, 15) is 4.39 Å². The summed E-state index contributed by atoms with van der Waals surface area (Å²) in [5.74, 6) is -0.0353. The Bertz CT molecular complexity index is 316. The van der Waals surface area contributed by atoms with Crippen LogP contribution < -0.4 is 5.32 Å². The van der Waals surface area contributed by atoms with Crippen molar-refractivity contribution in [2.24, 2.45) is 0 Å². The van der Waals surface area contributed by atoms with E-state index in [2.05, 4.69) is 5.32 Å². The van der Waals surface area contributed by atoms with Crippen LogP contribution >= 0.6 is 0 Å². The Hall–Kier alpha value is -0.890. The third kappa shape index (κ3) is 1.80. The molecule has 0 radical (unpaired) electrons. The number of aryl methyl sites for hydroxylation is 1. The summed E-state index contributed by atoms with van der Waals surface area (Å²) in [5, 5.41) is 3.36. The lowest BCUT2D eigenvalue weighted by Crippen LogP contribution is -2.27. The zero-order chi connectivity index (χ0) is 9.97. The minimum Gasteiger partial charge on any atom is -0.310 e. The SMILES string of the molecule is Cc1cccc([C@@H]2CCCCN2)c1F. The standard InChI is InChI=1S/C12H16FN/c1-9-5-4-6-10(12(9)13)11-7-2-3-8-14-11/h4-6,11,14H,2-3,7-8H2,1H3/t11-/m0/s1. The summed E-state index contributed by atoms with van der Waals surface area (Å²) in [6.45, 7) is 2.83. The van der Waals surface area contributed by atoms with Crippen molar-refractivity contribution in [2.45, 2.75) is 32.2 Å². The number of hydrogen-bond acceptors (Lipinski definition) is 1. The average Bonchev–Trinajstić information content (AvgIpc) is 2.23. The first-order valence-corrected chi connectivity index (χ1v) is 5.27. The maximum atomic E-state index is 13.7. The molecule has 0 spiro atoms. The van der Waals surface area contributed by atoms with Gasteiger partial charge in [0, 0.05) is 11.6 Å². The zero-order valence-electron chi connectivity index (χ0n) is 8.52. The molecule has 0 bridgehead atoms. The Morgan fingerprint density at radius 3 is 2.93 bits per heavy atom. The molecule has 1 aromatic rings. The highest BCUT2D eigenvalue weighted by molar-refractivity contribution is 5.27. The van der Waals surface area contributed by atoms with Gasteiger partial charge in [0.1, 0.15) is 5.82 Å². The molecule has 0 saturated carbocycles. The minimum atomic E-state index is -0.0353. The number of rotatable bonds is 1. The molecule has 0 amide bonds. The van der Waals surface area contributed by atoms with Crippen molar-refractivity contribution in [1.82, 2.24) is 5.32 Å². The van der Waals surface area contributed by atoms with Gasteiger partial charge in [-0.15, -0.1) is 0 Å². The van der Waals surface area contributed by atoms with Gasteiger partial charge < -0.3 is 5.32 Å². The Labute approximate surface area is 84.3 Å². The van der Waals surface area contributed by atoms with Gasteiger partial charge in [0.2, 0.25) is 0 Å². The van der Waals surface area contributed by atoms with Gasteiger partial charge >= 0.3 is 0 Å². The van der Waals surface area contributed by atoms with Gasteiger partial charge in [-0.3, -0.25) is 0 Å². The first-order chi connectivity index (χ1) is 6.79. The number of nitrogens with one attached hydrogen (secondary N) is 1. The van der Waals surface area contributed by atoms with E-state index in [0.717, 1.165) is 24.1 Å². The second kappa shape index (κ2) is 4.09. The summed E-state index contributed by atoms with van der Waals surface area (Å²) >= 11 is 0. The van der Waals surface area contributed by atoms with Crippen LogP contribution in [0.5, 0.6) is 0 Å². The highest BCUT2D eigenvalue weighted by Gasteiger charge is 2.18. The molecule has 1 heterocycles. The van der Waals surface area contributed by atoms with E-state index < -0.39 is 0 Å². The quantitative estimate of drug-likeness (QED) is 0.723. The maximum absolute atomic E-state index is 13.7. The van der Waals surface area contributed by atoms with Crippen LogP contribution in [0.25, 0.3) is 0 Å². The van der Waals surface area contributed by atoms with Crippen LogP contribution in [-0.4, -0.2) is 6.54 Å². The van der Waals surface area contributed by atoms with Gasteiger partial charge in [-0.25, -0.2) is 4.39 Å². The van der Waals surface area contributed by atoms with E-state index in [4.69, 9.17) is 0 Å². The third-order valence-electron chi connectivity index (χ3n) is 2.91. The second-order valence-corrected chi connectivity index (χ2v) is 3.98. The topological polar surface area (TPSA) is 12.0 Å². The van der Waals surface area contributed by atoms with E-state index in [1.807, 2.05) is 25.1 Å². The first-order valence-electron chi connectivity index (χ1n) is 5.27. The maximum Gasteiger partial charge on any atom is 0.130 e. The number of piperidine rings is 1. The smallest absolute Gasteiger partial charge is 0.130 e. The Kier molecular flexibility index (Phi) is 2.82.